The first-order valence-corrected chi connectivity index (χ1v) is 3.91. The Morgan fingerprint density at radius 2 is 2.00 bits per heavy atom. The van der Waals surface area contributed by atoms with Crippen LogP contribution in [0.4, 0.5) is 0 Å². The van der Waals surface area contributed by atoms with Gasteiger partial charge in [0.2, 0.25) is 0 Å². The first-order valence-electron chi connectivity index (χ1n) is 3.91. The van der Waals surface area contributed by atoms with E-state index in [-0.39, 0.29) is 0 Å². The first-order chi connectivity index (χ1) is 6.14. The van der Waals surface area contributed by atoms with Crippen LogP contribution in [0.25, 0.3) is 0 Å². The van der Waals surface area contributed by atoms with E-state index in [1.165, 1.54) is 6.92 Å². The summed E-state index contributed by atoms with van der Waals surface area (Å²) in [5.41, 5.74) is -0.764. The van der Waals surface area contributed by atoms with Crippen molar-refractivity contribution in [2.75, 3.05) is 0 Å². The summed E-state index contributed by atoms with van der Waals surface area (Å²) in [5.74, 6) is 5.17. The Labute approximate surface area is 77.2 Å². The third kappa shape index (κ3) is 3.10. The quantitative estimate of drug-likeness (QED) is 0.509. The van der Waals surface area contributed by atoms with Crippen molar-refractivity contribution in [1.82, 2.24) is 0 Å². The number of benzene rings is 1. The highest BCUT2D eigenvalue weighted by Gasteiger charge is 2.13. The SMILES string of the molecule is CC(O)(C#Cc1ccccc1)C=O. The summed E-state index contributed by atoms with van der Waals surface area (Å²) in [6.45, 7) is 1.36. The summed E-state index contributed by atoms with van der Waals surface area (Å²) in [4.78, 5) is 10.3. The fourth-order valence-corrected chi connectivity index (χ4v) is 0.750. The van der Waals surface area contributed by atoms with Gasteiger partial charge in [0.05, 0.1) is 0 Å². The molecule has 1 N–H and O–H groups in total. The number of aliphatic hydroxyl groups is 1. The van der Waals surface area contributed by atoms with E-state index >= 15 is 0 Å². The molecule has 0 spiro atoms. The Morgan fingerprint density at radius 3 is 2.54 bits per heavy atom. The molecule has 2 heteroatoms. The van der Waals surface area contributed by atoms with Crippen LogP contribution in [0.3, 0.4) is 0 Å². The summed E-state index contributed by atoms with van der Waals surface area (Å²) in [7, 11) is 0. The summed E-state index contributed by atoms with van der Waals surface area (Å²) >= 11 is 0. The minimum Gasteiger partial charge on any atom is -0.371 e. The minimum absolute atomic E-state index is 0.420. The highest BCUT2D eigenvalue weighted by molar-refractivity contribution is 5.67. The normalized spacial score (nSPS) is 13.7. The van der Waals surface area contributed by atoms with Crippen LogP contribution in [0, 0.1) is 11.8 Å². The molecule has 0 aliphatic rings. The summed E-state index contributed by atoms with van der Waals surface area (Å²) in [5, 5.41) is 9.24. The minimum atomic E-state index is -1.55. The molecule has 0 amide bonds. The molecule has 66 valence electrons. The molecule has 0 radical (unpaired) electrons. The fourth-order valence-electron chi connectivity index (χ4n) is 0.750. The predicted molar refractivity (Wildman–Crippen MR) is 50.0 cm³/mol. The van der Waals surface area contributed by atoms with Crippen molar-refractivity contribution in [1.29, 1.82) is 0 Å². The van der Waals surface area contributed by atoms with Crippen molar-refractivity contribution in [3.8, 4) is 11.8 Å². The highest BCUT2D eigenvalue weighted by Crippen LogP contribution is 1.98. The molecule has 0 saturated carbocycles. The second kappa shape index (κ2) is 3.88. The topological polar surface area (TPSA) is 37.3 Å². The van der Waals surface area contributed by atoms with Crippen LogP contribution in [0.5, 0.6) is 0 Å². The van der Waals surface area contributed by atoms with Gasteiger partial charge in [0, 0.05) is 5.56 Å². The maximum atomic E-state index is 10.3. The van der Waals surface area contributed by atoms with Gasteiger partial charge >= 0.3 is 0 Å². The van der Waals surface area contributed by atoms with Gasteiger partial charge in [-0.05, 0) is 19.1 Å². The van der Waals surface area contributed by atoms with Gasteiger partial charge < -0.3 is 5.11 Å². The average molecular weight is 174 g/mol. The fraction of sp³-hybridized carbons (Fsp3) is 0.182. The van der Waals surface area contributed by atoms with E-state index in [4.69, 9.17) is 0 Å². The Kier molecular flexibility index (Phi) is 2.84. The van der Waals surface area contributed by atoms with E-state index in [0.717, 1.165) is 5.56 Å². The molecule has 0 aromatic heterocycles. The lowest BCUT2D eigenvalue weighted by Gasteiger charge is -2.03. The monoisotopic (exact) mass is 174 g/mol. The molecule has 1 aromatic rings. The summed E-state index contributed by atoms with van der Waals surface area (Å²) in [6, 6.07) is 9.20. The largest absolute Gasteiger partial charge is 0.371 e. The van der Waals surface area contributed by atoms with Crippen molar-refractivity contribution < 1.29 is 9.90 Å². The Bertz CT molecular complexity index is 341. The molecule has 0 aliphatic carbocycles. The second-order valence-corrected chi connectivity index (χ2v) is 2.88. The van der Waals surface area contributed by atoms with Crippen LogP contribution < -0.4 is 0 Å². The van der Waals surface area contributed by atoms with E-state index < -0.39 is 5.60 Å². The molecule has 13 heavy (non-hydrogen) atoms. The molecule has 0 aliphatic heterocycles. The third-order valence-corrected chi connectivity index (χ3v) is 1.46. The van der Waals surface area contributed by atoms with Crippen molar-refractivity contribution >= 4 is 6.29 Å². The Morgan fingerprint density at radius 1 is 1.38 bits per heavy atom. The highest BCUT2D eigenvalue weighted by atomic mass is 16.3. The molecule has 1 aromatic carbocycles. The number of carbonyl (C=O) groups excluding carboxylic acids is 1. The van der Waals surface area contributed by atoms with Crippen molar-refractivity contribution in [2.24, 2.45) is 0 Å². The second-order valence-electron chi connectivity index (χ2n) is 2.88. The maximum Gasteiger partial charge on any atom is 0.178 e. The van der Waals surface area contributed by atoms with Crippen LogP contribution in [-0.4, -0.2) is 17.0 Å². The smallest absolute Gasteiger partial charge is 0.178 e. The van der Waals surface area contributed by atoms with Gasteiger partial charge in [-0.25, -0.2) is 0 Å². The number of carbonyl (C=O) groups is 1. The zero-order valence-electron chi connectivity index (χ0n) is 7.32. The van der Waals surface area contributed by atoms with Gasteiger partial charge in [-0.15, -0.1) is 0 Å². The van der Waals surface area contributed by atoms with E-state index in [1.54, 1.807) is 0 Å². The van der Waals surface area contributed by atoms with Crippen LogP contribution in [0.15, 0.2) is 30.3 Å². The standard InChI is InChI=1S/C11H10O2/c1-11(13,9-12)8-7-10-5-3-2-4-6-10/h2-6,9,13H,1H3. The third-order valence-electron chi connectivity index (χ3n) is 1.46. The molecule has 0 heterocycles. The molecule has 0 bridgehead atoms. The van der Waals surface area contributed by atoms with Crippen molar-refractivity contribution in [3.63, 3.8) is 0 Å². The van der Waals surface area contributed by atoms with Crippen molar-refractivity contribution in [3.05, 3.63) is 35.9 Å². The van der Waals surface area contributed by atoms with Crippen LogP contribution in [0.1, 0.15) is 12.5 Å². The lowest BCUT2D eigenvalue weighted by molar-refractivity contribution is -0.118. The van der Waals surface area contributed by atoms with Gasteiger partial charge in [-0.1, -0.05) is 30.0 Å². The van der Waals surface area contributed by atoms with Gasteiger partial charge in [0.25, 0.3) is 0 Å². The van der Waals surface area contributed by atoms with E-state index in [2.05, 4.69) is 11.8 Å². The lowest BCUT2D eigenvalue weighted by atomic mass is 10.1. The number of aldehydes is 1. The first kappa shape index (κ1) is 9.50. The van der Waals surface area contributed by atoms with Gasteiger partial charge in [0.15, 0.2) is 11.9 Å². The zero-order chi connectivity index (χ0) is 9.73. The zero-order valence-corrected chi connectivity index (χ0v) is 7.32. The van der Waals surface area contributed by atoms with Gasteiger partial charge in [-0.3, -0.25) is 4.79 Å². The molecule has 0 fully saturated rings. The summed E-state index contributed by atoms with van der Waals surface area (Å²) < 4.78 is 0. The summed E-state index contributed by atoms with van der Waals surface area (Å²) in [6.07, 6.45) is 0.420. The number of hydrogen-bond donors (Lipinski definition) is 1. The molecular weight excluding hydrogens is 164 g/mol. The molecule has 2 nitrogen and oxygen atoms in total. The average Bonchev–Trinajstić information content (AvgIpc) is 2.17. The van der Waals surface area contributed by atoms with E-state index in [1.807, 2.05) is 30.3 Å². The molecule has 1 rings (SSSR count). The molecule has 0 saturated heterocycles. The molecular formula is C11H10O2. The number of hydrogen-bond acceptors (Lipinski definition) is 2. The van der Waals surface area contributed by atoms with E-state index in [0.29, 0.717) is 6.29 Å². The molecule has 1 unspecified atom stereocenters. The lowest BCUT2D eigenvalue weighted by Crippen LogP contribution is -2.22. The van der Waals surface area contributed by atoms with Gasteiger partial charge in [-0.2, -0.15) is 0 Å². The number of rotatable bonds is 1. The van der Waals surface area contributed by atoms with Gasteiger partial charge in [0.1, 0.15) is 0 Å². The maximum absolute atomic E-state index is 10.3. The predicted octanol–water partition coefficient (Wildman–Crippen LogP) is 0.988. The van der Waals surface area contributed by atoms with Crippen LogP contribution in [-0.2, 0) is 4.79 Å². The van der Waals surface area contributed by atoms with Crippen LogP contribution >= 0.6 is 0 Å². The Hall–Kier alpha value is -1.59. The Balaban J connectivity index is 2.85. The van der Waals surface area contributed by atoms with Crippen LogP contribution in [0.2, 0.25) is 0 Å². The van der Waals surface area contributed by atoms with Crippen molar-refractivity contribution in [2.45, 2.75) is 12.5 Å². The molecule has 1 atom stereocenters. The van der Waals surface area contributed by atoms with E-state index in [9.17, 15) is 9.90 Å².